The van der Waals surface area contributed by atoms with Crippen molar-refractivity contribution in [1.29, 1.82) is 0 Å². The van der Waals surface area contributed by atoms with Gasteiger partial charge in [-0.15, -0.1) is 0 Å². The van der Waals surface area contributed by atoms with Crippen LogP contribution in [0.1, 0.15) is 29.6 Å². The van der Waals surface area contributed by atoms with Gasteiger partial charge in [0.1, 0.15) is 12.0 Å². The fourth-order valence-corrected chi connectivity index (χ4v) is 2.28. The Kier molecular flexibility index (Phi) is 5.94. The Morgan fingerprint density at radius 1 is 1.32 bits per heavy atom. The highest BCUT2D eigenvalue weighted by Gasteiger charge is 2.18. The molecule has 0 spiro atoms. The molecular weight excluding hydrogens is 284 g/mol. The Balaban J connectivity index is 1.59. The summed E-state index contributed by atoms with van der Waals surface area (Å²) in [6.45, 7) is 1.97. The van der Waals surface area contributed by atoms with Gasteiger partial charge in [-0.1, -0.05) is 0 Å². The number of likely N-dealkylation sites (tertiary alicyclic amines) is 1. The number of nitrogens with zero attached hydrogens (tertiary/aromatic N) is 1. The van der Waals surface area contributed by atoms with E-state index in [1.807, 2.05) is 4.90 Å². The van der Waals surface area contributed by atoms with Crippen molar-refractivity contribution < 1.29 is 19.1 Å². The van der Waals surface area contributed by atoms with E-state index in [1.54, 1.807) is 24.3 Å². The van der Waals surface area contributed by atoms with Gasteiger partial charge in [0.25, 0.3) is 5.91 Å². The van der Waals surface area contributed by atoms with Gasteiger partial charge >= 0.3 is 0 Å². The summed E-state index contributed by atoms with van der Waals surface area (Å²) in [5, 5.41) is 2.76. The maximum atomic E-state index is 11.6. The number of hydrogen-bond donors (Lipinski definition) is 1. The molecule has 2 amide bonds. The Bertz CT molecular complexity index is 527. The van der Waals surface area contributed by atoms with Crippen LogP contribution in [0.15, 0.2) is 24.3 Å². The molecule has 0 saturated carbocycles. The minimum absolute atomic E-state index is 0.0664. The lowest BCUT2D eigenvalue weighted by atomic mass is 10.2. The first-order valence-electron chi connectivity index (χ1n) is 7.41. The van der Waals surface area contributed by atoms with E-state index in [2.05, 4.69) is 5.32 Å². The summed E-state index contributed by atoms with van der Waals surface area (Å²) in [6.07, 6.45) is 3.07. The molecule has 118 valence electrons. The van der Waals surface area contributed by atoms with Crippen LogP contribution in [0.5, 0.6) is 5.75 Å². The summed E-state index contributed by atoms with van der Waals surface area (Å²) >= 11 is 0. The topological polar surface area (TPSA) is 75.7 Å². The SMILES string of the molecule is O=Cc1ccc(OCC(=O)NCCCN2CCCC2=O)cc1. The Morgan fingerprint density at radius 2 is 2.09 bits per heavy atom. The zero-order chi connectivity index (χ0) is 15.8. The highest BCUT2D eigenvalue weighted by molar-refractivity contribution is 5.78. The molecule has 1 saturated heterocycles. The molecule has 1 heterocycles. The Hall–Kier alpha value is -2.37. The van der Waals surface area contributed by atoms with Crippen LogP contribution in [0, 0.1) is 0 Å². The van der Waals surface area contributed by atoms with Gasteiger partial charge in [0.15, 0.2) is 6.61 Å². The largest absolute Gasteiger partial charge is 0.484 e. The third-order valence-corrected chi connectivity index (χ3v) is 3.48. The van der Waals surface area contributed by atoms with Crippen molar-refractivity contribution in [1.82, 2.24) is 10.2 Å². The van der Waals surface area contributed by atoms with Crippen LogP contribution in [0.2, 0.25) is 0 Å². The molecule has 22 heavy (non-hydrogen) atoms. The molecule has 0 unspecified atom stereocenters. The van der Waals surface area contributed by atoms with Crippen molar-refractivity contribution >= 4 is 18.1 Å². The second kappa shape index (κ2) is 8.17. The van der Waals surface area contributed by atoms with Gasteiger partial charge in [-0.25, -0.2) is 0 Å². The predicted octanol–water partition coefficient (Wildman–Crippen LogP) is 1.01. The molecule has 0 bridgehead atoms. The highest BCUT2D eigenvalue weighted by atomic mass is 16.5. The Morgan fingerprint density at radius 3 is 2.73 bits per heavy atom. The van der Waals surface area contributed by atoms with Gasteiger partial charge in [-0.3, -0.25) is 14.4 Å². The van der Waals surface area contributed by atoms with Gasteiger partial charge < -0.3 is 15.0 Å². The molecule has 1 aromatic carbocycles. The molecule has 1 aliphatic rings. The number of aldehydes is 1. The number of carbonyl (C=O) groups is 3. The number of nitrogens with one attached hydrogen (secondary N) is 1. The second-order valence-corrected chi connectivity index (χ2v) is 5.16. The van der Waals surface area contributed by atoms with Crippen LogP contribution in [0.3, 0.4) is 0 Å². The van der Waals surface area contributed by atoms with E-state index in [0.29, 0.717) is 30.8 Å². The zero-order valence-corrected chi connectivity index (χ0v) is 12.4. The lowest BCUT2D eigenvalue weighted by Gasteiger charge is -2.15. The lowest BCUT2D eigenvalue weighted by Crippen LogP contribution is -2.33. The molecule has 1 N–H and O–H groups in total. The fourth-order valence-electron chi connectivity index (χ4n) is 2.28. The molecule has 0 atom stereocenters. The summed E-state index contributed by atoms with van der Waals surface area (Å²) in [5.41, 5.74) is 0.563. The van der Waals surface area contributed by atoms with Gasteiger partial charge in [0, 0.05) is 31.6 Å². The van der Waals surface area contributed by atoms with Gasteiger partial charge in [0.05, 0.1) is 0 Å². The average Bonchev–Trinajstić information content (AvgIpc) is 2.95. The molecule has 1 aliphatic heterocycles. The van der Waals surface area contributed by atoms with Crippen molar-refractivity contribution in [3.8, 4) is 5.75 Å². The first kappa shape index (κ1) is 16.0. The normalized spacial score (nSPS) is 14.0. The number of rotatable bonds is 8. The van der Waals surface area contributed by atoms with Crippen LogP contribution < -0.4 is 10.1 Å². The van der Waals surface area contributed by atoms with Gasteiger partial charge in [-0.05, 0) is 37.1 Å². The summed E-state index contributed by atoms with van der Waals surface area (Å²) in [7, 11) is 0. The zero-order valence-electron chi connectivity index (χ0n) is 12.4. The van der Waals surface area contributed by atoms with Crippen molar-refractivity contribution in [3.05, 3.63) is 29.8 Å². The molecular formula is C16H20N2O4. The van der Waals surface area contributed by atoms with Gasteiger partial charge in [0.2, 0.25) is 5.91 Å². The van der Waals surface area contributed by atoms with Crippen LogP contribution in [-0.2, 0) is 9.59 Å². The van der Waals surface area contributed by atoms with Crippen molar-refractivity contribution in [2.75, 3.05) is 26.2 Å². The minimum atomic E-state index is -0.202. The Labute approximate surface area is 129 Å². The molecule has 2 rings (SSSR count). The van der Waals surface area contributed by atoms with Crippen molar-refractivity contribution in [2.45, 2.75) is 19.3 Å². The van der Waals surface area contributed by atoms with E-state index in [4.69, 9.17) is 4.74 Å². The van der Waals surface area contributed by atoms with Crippen molar-refractivity contribution in [2.24, 2.45) is 0 Å². The number of hydrogen-bond acceptors (Lipinski definition) is 4. The van der Waals surface area contributed by atoms with E-state index in [-0.39, 0.29) is 18.4 Å². The second-order valence-electron chi connectivity index (χ2n) is 5.16. The number of amides is 2. The summed E-state index contributed by atoms with van der Waals surface area (Å²) in [6, 6.07) is 6.56. The quantitative estimate of drug-likeness (QED) is 0.574. The lowest BCUT2D eigenvalue weighted by molar-refractivity contribution is -0.127. The monoisotopic (exact) mass is 304 g/mol. The molecule has 1 fully saturated rings. The summed E-state index contributed by atoms with van der Waals surface area (Å²) in [4.78, 5) is 35.4. The van der Waals surface area contributed by atoms with Gasteiger partial charge in [-0.2, -0.15) is 0 Å². The smallest absolute Gasteiger partial charge is 0.257 e. The number of benzene rings is 1. The van der Waals surface area contributed by atoms with E-state index in [9.17, 15) is 14.4 Å². The first-order valence-corrected chi connectivity index (χ1v) is 7.41. The van der Waals surface area contributed by atoms with Crippen LogP contribution in [-0.4, -0.2) is 49.2 Å². The van der Waals surface area contributed by atoms with E-state index >= 15 is 0 Å². The minimum Gasteiger partial charge on any atom is -0.484 e. The molecule has 6 heteroatoms. The standard InChI is InChI=1S/C16H20N2O4/c19-11-13-4-6-14(7-5-13)22-12-15(20)17-8-2-10-18-9-1-3-16(18)21/h4-7,11H,1-3,8-10,12H2,(H,17,20). The third-order valence-electron chi connectivity index (χ3n) is 3.48. The summed E-state index contributed by atoms with van der Waals surface area (Å²) in [5.74, 6) is 0.545. The van der Waals surface area contributed by atoms with Crippen LogP contribution >= 0.6 is 0 Å². The number of ether oxygens (including phenoxy) is 1. The maximum absolute atomic E-state index is 11.6. The summed E-state index contributed by atoms with van der Waals surface area (Å²) < 4.78 is 5.32. The van der Waals surface area contributed by atoms with E-state index in [1.165, 1.54) is 0 Å². The van der Waals surface area contributed by atoms with Crippen molar-refractivity contribution in [3.63, 3.8) is 0 Å². The van der Waals surface area contributed by atoms with Crippen LogP contribution in [0.25, 0.3) is 0 Å². The van der Waals surface area contributed by atoms with E-state index < -0.39 is 0 Å². The third kappa shape index (κ3) is 4.87. The maximum Gasteiger partial charge on any atom is 0.257 e. The average molecular weight is 304 g/mol. The predicted molar refractivity (Wildman–Crippen MR) is 80.8 cm³/mol. The van der Waals surface area contributed by atoms with Crippen LogP contribution in [0.4, 0.5) is 0 Å². The first-order chi connectivity index (χ1) is 10.7. The van der Waals surface area contributed by atoms with E-state index in [0.717, 1.165) is 25.7 Å². The molecule has 1 aromatic rings. The fraction of sp³-hybridized carbons (Fsp3) is 0.438. The molecule has 0 aliphatic carbocycles. The molecule has 6 nitrogen and oxygen atoms in total. The molecule has 0 radical (unpaired) electrons. The highest BCUT2D eigenvalue weighted by Crippen LogP contribution is 2.11. The number of carbonyl (C=O) groups excluding carboxylic acids is 3. The molecule has 0 aromatic heterocycles.